The highest BCUT2D eigenvalue weighted by molar-refractivity contribution is 7.07. The highest BCUT2D eigenvalue weighted by Crippen LogP contribution is 2.04. The van der Waals surface area contributed by atoms with E-state index < -0.39 is 0 Å². The van der Waals surface area contributed by atoms with Crippen LogP contribution in [0.15, 0.2) is 24.5 Å². The van der Waals surface area contributed by atoms with Crippen molar-refractivity contribution >= 4 is 23.3 Å². The fourth-order valence-electron chi connectivity index (χ4n) is 1.08. The van der Waals surface area contributed by atoms with Crippen LogP contribution in [0.4, 0.5) is 5.82 Å². The number of nitrogens with one attached hydrogen (secondary N) is 1. The maximum atomic E-state index is 11.5. The molecule has 7 heteroatoms. The Hall–Kier alpha value is -2.02. The summed E-state index contributed by atoms with van der Waals surface area (Å²) in [6.45, 7) is 0.407. The number of carbonyl (C=O) groups is 1. The van der Waals surface area contributed by atoms with Gasteiger partial charge in [-0.1, -0.05) is 10.6 Å². The summed E-state index contributed by atoms with van der Waals surface area (Å²) in [6.07, 6.45) is 3.06. The van der Waals surface area contributed by atoms with Gasteiger partial charge in [0.05, 0.1) is 6.20 Å². The van der Waals surface area contributed by atoms with Crippen LogP contribution in [-0.4, -0.2) is 20.5 Å². The van der Waals surface area contributed by atoms with E-state index in [1.807, 2.05) is 6.07 Å². The van der Waals surface area contributed by atoms with Gasteiger partial charge in [0.25, 0.3) is 5.91 Å². The Balaban J connectivity index is 1.93. The third-order valence-corrected chi connectivity index (χ3v) is 2.55. The first-order valence-corrected chi connectivity index (χ1v) is 5.29. The molecule has 0 spiro atoms. The quantitative estimate of drug-likeness (QED) is 0.805. The second kappa shape index (κ2) is 4.67. The van der Waals surface area contributed by atoms with Crippen LogP contribution in [0.5, 0.6) is 0 Å². The van der Waals surface area contributed by atoms with Gasteiger partial charge in [0.1, 0.15) is 10.7 Å². The Morgan fingerprint density at radius 3 is 2.94 bits per heavy atom. The molecule has 2 aromatic rings. The SMILES string of the molecule is Nc1ccc(CNC(=O)c2cnns2)cn1. The number of nitrogens with two attached hydrogens (primary N) is 1. The highest BCUT2D eigenvalue weighted by Gasteiger charge is 2.07. The molecule has 0 fully saturated rings. The largest absolute Gasteiger partial charge is 0.384 e. The molecule has 1 amide bonds. The Labute approximate surface area is 95.7 Å². The van der Waals surface area contributed by atoms with Gasteiger partial charge in [0, 0.05) is 12.7 Å². The maximum Gasteiger partial charge on any atom is 0.264 e. The molecule has 2 aromatic heterocycles. The van der Waals surface area contributed by atoms with Gasteiger partial charge in [-0.25, -0.2) is 4.98 Å². The molecule has 16 heavy (non-hydrogen) atoms. The number of nitrogens with zero attached hydrogens (tertiary/aromatic N) is 3. The number of pyridine rings is 1. The number of anilines is 1. The van der Waals surface area contributed by atoms with E-state index in [1.165, 1.54) is 6.20 Å². The lowest BCUT2D eigenvalue weighted by Gasteiger charge is -2.02. The number of nitrogen functional groups attached to an aromatic ring is 1. The van der Waals surface area contributed by atoms with Gasteiger partial charge in [-0.05, 0) is 23.2 Å². The van der Waals surface area contributed by atoms with E-state index in [0.717, 1.165) is 17.1 Å². The number of carbonyl (C=O) groups excluding carboxylic acids is 1. The zero-order chi connectivity index (χ0) is 11.4. The van der Waals surface area contributed by atoms with Crippen LogP contribution in [0, 0.1) is 0 Å². The van der Waals surface area contributed by atoms with Crippen LogP contribution in [-0.2, 0) is 6.54 Å². The molecule has 0 aliphatic heterocycles. The van der Waals surface area contributed by atoms with E-state index in [4.69, 9.17) is 5.73 Å². The second-order valence-electron chi connectivity index (χ2n) is 3.06. The fourth-order valence-corrected chi connectivity index (χ4v) is 1.51. The number of hydrogen-bond acceptors (Lipinski definition) is 6. The van der Waals surface area contributed by atoms with Crippen LogP contribution < -0.4 is 11.1 Å². The molecule has 0 aliphatic rings. The molecule has 82 valence electrons. The van der Waals surface area contributed by atoms with Crippen molar-refractivity contribution in [3.8, 4) is 0 Å². The van der Waals surface area contributed by atoms with Crippen molar-refractivity contribution in [2.45, 2.75) is 6.54 Å². The number of rotatable bonds is 3. The Morgan fingerprint density at radius 2 is 2.31 bits per heavy atom. The minimum Gasteiger partial charge on any atom is -0.384 e. The van der Waals surface area contributed by atoms with E-state index in [2.05, 4.69) is 19.9 Å². The topological polar surface area (TPSA) is 93.8 Å². The minimum absolute atomic E-state index is 0.188. The standard InChI is InChI=1S/C9H9N5OS/c10-8-2-1-6(3-11-8)4-12-9(15)7-5-13-14-16-7/h1-3,5H,4H2,(H2,10,11)(H,12,15). The molecule has 3 N–H and O–H groups in total. The van der Waals surface area contributed by atoms with Crippen LogP contribution in [0.1, 0.15) is 15.2 Å². The van der Waals surface area contributed by atoms with Gasteiger partial charge in [-0.3, -0.25) is 4.79 Å². The summed E-state index contributed by atoms with van der Waals surface area (Å²) in [5, 5.41) is 6.32. The predicted molar refractivity (Wildman–Crippen MR) is 59.7 cm³/mol. The monoisotopic (exact) mass is 235 g/mol. The van der Waals surface area contributed by atoms with Crippen LogP contribution in [0.3, 0.4) is 0 Å². The van der Waals surface area contributed by atoms with Crippen LogP contribution in [0.2, 0.25) is 0 Å². The van der Waals surface area contributed by atoms with Crippen molar-refractivity contribution < 1.29 is 4.79 Å². The summed E-state index contributed by atoms with van der Waals surface area (Å²) in [7, 11) is 0. The maximum absolute atomic E-state index is 11.5. The highest BCUT2D eigenvalue weighted by atomic mass is 32.1. The summed E-state index contributed by atoms with van der Waals surface area (Å²) in [5.74, 6) is 0.272. The molecule has 0 aromatic carbocycles. The lowest BCUT2D eigenvalue weighted by Crippen LogP contribution is -2.21. The first kappa shape index (κ1) is 10.5. The third-order valence-electron chi connectivity index (χ3n) is 1.89. The van der Waals surface area contributed by atoms with Crippen molar-refractivity contribution in [2.24, 2.45) is 0 Å². The second-order valence-corrected chi connectivity index (χ2v) is 3.84. The molecule has 0 aliphatic carbocycles. The van der Waals surface area contributed by atoms with E-state index >= 15 is 0 Å². The van der Waals surface area contributed by atoms with Crippen molar-refractivity contribution in [1.29, 1.82) is 0 Å². The van der Waals surface area contributed by atoms with Crippen LogP contribution in [0.25, 0.3) is 0 Å². The van der Waals surface area contributed by atoms with Crippen molar-refractivity contribution in [3.63, 3.8) is 0 Å². The summed E-state index contributed by atoms with van der Waals surface area (Å²) in [4.78, 5) is 15.9. The fraction of sp³-hybridized carbons (Fsp3) is 0.111. The average molecular weight is 235 g/mol. The Bertz CT molecular complexity index is 467. The Kier molecular flexibility index (Phi) is 3.06. The zero-order valence-corrected chi connectivity index (χ0v) is 9.07. The molecule has 0 atom stereocenters. The van der Waals surface area contributed by atoms with Gasteiger partial charge in [0.2, 0.25) is 0 Å². The Morgan fingerprint density at radius 1 is 1.44 bits per heavy atom. The van der Waals surface area contributed by atoms with Crippen molar-refractivity contribution in [2.75, 3.05) is 5.73 Å². The summed E-state index contributed by atoms with van der Waals surface area (Å²) >= 11 is 1.06. The summed E-state index contributed by atoms with van der Waals surface area (Å²) in [5.41, 5.74) is 6.34. The average Bonchev–Trinajstić information content (AvgIpc) is 2.81. The smallest absolute Gasteiger partial charge is 0.264 e. The predicted octanol–water partition coefficient (Wildman–Crippen LogP) is 0.445. The van der Waals surface area contributed by atoms with E-state index in [0.29, 0.717) is 17.2 Å². The van der Waals surface area contributed by atoms with Gasteiger partial charge in [0.15, 0.2) is 0 Å². The first-order chi connectivity index (χ1) is 7.75. The van der Waals surface area contributed by atoms with E-state index in [1.54, 1.807) is 12.3 Å². The molecule has 0 unspecified atom stereocenters. The normalized spacial score (nSPS) is 10.0. The molecule has 0 radical (unpaired) electrons. The summed E-state index contributed by atoms with van der Waals surface area (Å²) in [6, 6.07) is 3.50. The summed E-state index contributed by atoms with van der Waals surface area (Å²) < 4.78 is 3.61. The molecule has 2 heterocycles. The molecule has 0 saturated heterocycles. The van der Waals surface area contributed by atoms with Crippen molar-refractivity contribution in [3.05, 3.63) is 35.0 Å². The van der Waals surface area contributed by atoms with E-state index in [-0.39, 0.29) is 5.91 Å². The van der Waals surface area contributed by atoms with Crippen LogP contribution >= 0.6 is 11.5 Å². The molecule has 2 rings (SSSR count). The number of hydrogen-bond donors (Lipinski definition) is 2. The van der Waals surface area contributed by atoms with Gasteiger partial charge < -0.3 is 11.1 Å². The third kappa shape index (κ3) is 2.51. The molecule has 0 bridgehead atoms. The molecular formula is C9H9N5OS. The van der Waals surface area contributed by atoms with Gasteiger partial charge in [-0.15, -0.1) is 5.10 Å². The first-order valence-electron chi connectivity index (χ1n) is 4.51. The van der Waals surface area contributed by atoms with Gasteiger partial charge >= 0.3 is 0 Å². The van der Waals surface area contributed by atoms with Crippen molar-refractivity contribution in [1.82, 2.24) is 19.9 Å². The lowest BCUT2D eigenvalue weighted by molar-refractivity contribution is 0.0955. The van der Waals surface area contributed by atoms with E-state index in [9.17, 15) is 4.79 Å². The molecule has 0 saturated carbocycles. The zero-order valence-electron chi connectivity index (χ0n) is 8.25. The minimum atomic E-state index is -0.188. The lowest BCUT2D eigenvalue weighted by atomic mass is 10.3. The number of aromatic nitrogens is 3. The molecular weight excluding hydrogens is 226 g/mol. The van der Waals surface area contributed by atoms with Gasteiger partial charge in [-0.2, -0.15) is 0 Å². The number of amides is 1. The molecule has 6 nitrogen and oxygen atoms in total.